The van der Waals surface area contributed by atoms with Crippen molar-refractivity contribution in [1.29, 1.82) is 0 Å². The average Bonchev–Trinajstić information content (AvgIpc) is 2.79. The zero-order valence-corrected chi connectivity index (χ0v) is 20.5. The third kappa shape index (κ3) is 6.16. The molecule has 0 spiro atoms. The molecular weight excluding hydrogens is 471 g/mol. The van der Waals surface area contributed by atoms with Gasteiger partial charge in [-0.15, -0.1) is 0 Å². The number of nitrogens with zero attached hydrogens (tertiary/aromatic N) is 1. The van der Waals surface area contributed by atoms with Gasteiger partial charge in [-0.25, -0.2) is 12.7 Å². The molecule has 0 radical (unpaired) electrons. The second kappa shape index (κ2) is 10.9. The van der Waals surface area contributed by atoms with E-state index in [1.807, 2.05) is 31.2 Å². The van der Waals surface area contributed by atoms with Crippen molar-refractivity contribution in [3.63, 3.8) is 0 Å². The lowest BCUT2D eigenvalue weighted by Gasteiger charge is -2.32. The van der Waals surface area contributed by atoms with E-state index in [0.717, 1.165) is 17.7 Å². The summed E-state index contributed by atoms with van der Waals surface area (Å²) >= 11 is 11.9. The van der Waals surface area contributed by atoms with E-state index in [9.17, 15) is 13.2 Å². The largest absolute Gasteiger partial charge is 0.497 e. The van der Waals surface area contributed by atoms with Crippen LogP contribution in [0.5, 0.6) is 5.75 Å². The summed E-state index contributed by atoms with van der Waals surface area (Å²) in [6.45, 7) is 2.59. The highest BCUT2D eigenvalue weighted by atomic mass is 35.5. The van der Waals surface area contributed by atoms with Crippen LogP contribution in [0.4, 0.5) is 0 Å². The number of sulfonamides is 1. The Morgan fingerprint density at radius 1 is 1.19 bits per heavy atom. The van der Waals surface area contributed by atoms with Gasteiger partial charge >= 0.3 is 0 Å². The van der Waals surface area contributed by atoms with Gasteiger partial charge in [-0.1, -0.05) is 48.3 Å². The fourth-order valence-electron chi connectivity index (χ4n) is 3.89. The number of hydrogen-bond donors (Lipinski definition) is 1. The van der Waals surface area contributed by atoms with Gasteiger partial charge in [0.25, 0.3) is 0 Å². The highest BCUT2D eigenvalue weighted by Crippen LogP contribution is 2.27. The molecule has 1 aliphatic heterocycles. The number of ether oxygens (including phenoxy) is 1. The van der Waals surface area contributed by atoms with Crippen molar-refractivity contribution in [3.05, 3.63) is 63.6 Å². The van der Waals surface area contributed by atoms with Crippen molar-refractivity contribution >= 4 is 39.1 Å². The van der Waals surface area contributed by atoms with Crippen molar-refractivity contribution < 1.29 is 17.9 Å². The van der Waals surface area contributed by atoms with Crippen LogP contribution in [0, 0.1) is 5.92 Å². The van der Waals surface area contributed by atoms with Gasteiger partial charge in [0.15, 0.2) is 0 Å². The van der Waals surface area contributed by atoms with Crippen LogP contribution in [-0.4, -0.2) is 38.8 Å². The first kappa shape index (κ1) is 24.8. The van der Waals surface area contributed by atoms with Gasteiger partial charge in [0, 0.05) is 13.1 Å². The van der Waals surface area contributed by atoms with Crippen LogP contribution in [0.1, 0.15) is 43.4 Å². The number of nitrogens with one attached hydrogen (secondary N) is 1. The molecule has 1 amide bonds. The SMILES string of the molecule is CC[C@@H](NC(=O)[C@@H]1CCCN(S(=O)(=O)Cc2ccc(Cl)c(Cl)c2)C1)c1ccc(OC)cc1. The van der Waals surface area contributed by atoms with E-state index in [4.69, 9.17) is 27.9 Å². The topological polar surface area (TPSA) is 75.7 Å². The number of piperidine rings is 1. The number of amides is 1. The van der Waals surface area contributed by atoms with E-state index in [1.165, 1.54) is 4.31 Å². The Morgan fingerprint density at radius 3 is 2.53 bits per heavy atom. The normalized spacial score (nSPS) is 18.2. The Morgan fingerprint density at radius 2 is 1.91 bits per heavy atom. The molecule has 0 aromatic heterocycles. The maximum Gasteiger partial charge on any atom is 0.224 e. The van der Waals surface area contributed by atoms with Crippen LogP contribution in [0.2, 0.25) is 10.0 Å². The molecule has 1 heterocycles. The minimum atomic E-state index is -3.59. The Kier molecular flexibility index (Phi) is 8.44. The quantitative estimate of drug-likeness (QED) is 0.566. The Hall–Kier alpha value is -1.80. The first-order valence-electron chi connectivity index (χ1n) is 10.6. The van der Waals surface area contributed by atoms with Crippen LogP contribution in [-0.2, 0) is 20.6 Å². The lowest BCUT2D eigenvalue weighted by atomic mass is 9.97. The van der Waals surface area contributed by atoms with Crippen LogP contribution in [0.15, 0.2) is 42.5 Å². The lowest BCUT2D eigenvalue weighted by Crippen LogP contribution is -2.46. The fraction of sp³-hybridized carbons (Fsp3) is 0.435. The molecule has 3 rings (SSSR count). The Balaban J connectivity index is 1.65. The van der Waals surface area contributed by atoms with Gasteiger partial charge in [0.2, 0.25) is 15.9 Å². The zero-order chi connectivity index (χ0) is 23.3. The first-order valence-corrected chi connectivity index (χ1v) is 13.0. The molecule has 1 aliphatic rings. The summed E-state index contributed by atoms with van der Waals surface area (Å²) in [4.78, 5) is 13.0. The van der Waals surface area contributed by atoms with Gasteiger partial charge in [-0.3, -0.25) is 4.79 Å². The molecule has 9 heteroatoms. The van der Waals surface area contributed by atoms with Gasteiger partial charge in [0.05, 0.1) is 34.9 Å². The van der Waals surface area contributed by atoms with Gasteiger partial charge in [0.1, 0.15) is 5.75 Å². The molecule has 2 aromatic rings. The second-order valence-electron chi connectivity index (χ2n) is 7.94. The van der Waals surface area contributed by atoms with E-state index in [1.54, 1.807) is 25.3 Å². The maximum atomic E-state index is 13.0. The van der Waals surface area contributed by atoms with Gasteiger partial charge in [-0.05, 0) is 54.7 Å². The van der Waals surface area contributed by atoms with Crippen LogP contribution in [0.25, 0.3) is 0 Å². The lowest BCUT2D eigenvalue weighted by molar-refractivity contribution is -0.126. The summed E-state index contributed by atoms with van der Waals surface area (Å²) in [6.07, 6.45) is 2.02. The third-order valence-electron chi connectivity index (χ3n) is 5.72. The molecule has 32 heavy (non-hydrogen) atoms. The molecule has 6 nitrogen and oxygen atoms in total. The molecule has 1 N–H and O–H groups in total. The maximum absolute atomic E-state index is 13.0. The summed E-state index contributed by atoms with van der Waals surface area (Å²) in [5, 5.41) is 3.79. The van der Waals surface area contributed by atoms with E-state index in [2.05, 4.69) is 5.32 Å². The number of rotatable bonds is 8. The minimum Gasteiger partial charge on any atom is -0.497 e. The highest BCUT2D eigenvalue weighted by molar-refractivity contribution is 7.88. The number of hydrogen-bond acceptors (Lipinski definition) is 4. The second-order valence-corrected chi connectivity index (χ2v) is 10.7. The highest BCUT2D eigenvalue weighted by Gasteiger charge is 2.33. The predicted octanol–water partition coefficient (Wildman–Crippen LogP) is 4.81. The summed E-state index contributed by atoms with van der Waals surface area (Å²) in [6, 6.07) is 12.3. The third-order valence-corrected chi connectivity index (χ3v) is 8.28. The number of benzene rings is 2. The molecule has 2 atom stereocenters. The average molecular weight is 499 g/mol. The molecular formula is C23H28Cl2N2O4S. The molecule has 0 bridgehead atoms. The number of carbonyl (C=O) groups is 1. The number of carbonyl (C=O) groups excluding carboxylic acids is 1. The Labute approximate surface area is 199 Å². The van der Waals surface area contributed by atoms with Gasteiger partial charge < -0.3 is 10.1 Å². The molecule has 174 valence electrons. The molecule has 2 aromatic carbocycles. The van der Waals surface area contributed by atoms with Crippen molar-refractivity contribution in [2.75, 3.05) is 20.2 Å². The van der Waals surface area contributed by atoms with Crippen molar-refractivity contribution in [2.45, 2.75) is 38.0 Å². The summed E-state index contributed by atoms with van der Waals surface area (Å²) in [5.41, 5.74) is 1.55. The summed E-state index contributed by atoms with van der Waals surface area (Å²) in [5.74, 6) is 0.0635. The predicted molar refractivity (Wildman–Crippen MR) is 128 cm³/mol. The molecule has 0 unspecified atom stereocenters. The van der Waals surface area contributed by atoms with Crippen LogP contribution in [0.3, 0.4) is 0 Å². The number of methoxy groups -OCH3 is 1. The Bertz CT molecular complexity index is 1040. The van der Waals surface area contributed by atoms with E-state index in [0.29, 0.717) is 35.0 Å². The van der Waals surface area contributed by atoms with Crippen LogP contribution >= 0.6 is 23.2 Å². The standard InChI is InChI=1S/C23H28Cl2N2O4S/c1-3-22(17-7-9-19(31-2)10-8-17)26-23(28)18-5-4-12-27(14-18)32(29,30)15-16-6-11-20(24)21(25)13-16/h6-11,13,18,22H,3-5,12,14-15H2,1-2H3,(H,26,28)/t18-,22-/m1/s1. The van der Waals surface area contributed by atoms with Crippen molar-refractivity contribution in [1.82, 2.24) is 9.62 Å². The summed E-state index contributed by atoms with van der Waals surface area (Å²) < 4.78 is 32.6. The minimum absolute atomic E-state index is 0.123. The molecule has 1 fully saturated rings. The van der Waals surface area contributed by atoms with Crippen molar-refractivity contribution in [3.8, 4) is 5.75 Å². The number of halogens is 2. The smallest absolute Gasteiger partial charge is 0.224 e. The van der Waals surface area contributed by atoms with E-state index >= 15 is 0 Å². The van der Waals surface area contributed by atoms with E-state index in [-0.39, 0.29) is 30.2 Å². The van der Waals surface area contributed by atoms with E-state index < -0.39 is 10.0 Å². The molecule has 1 saturated heterocycles. The van der Waals surface area contributed by atoms with Gasteiger partial charge in [-0.2, -0.15) is 0 Å². The zero-order valence-electron chi connectivity index (χ0n) is 18.2. The fourth-order valence-corrected chi connectivity index (χ4v) is 5.81. The first-order chi connectivity index (χ1) is 15.2. The monoisotopic (exact) mass is 498 g/mol. The molecule has 0 saturated carbocycles. The summed E-state index contributed by atoms with van der Waals surface area (Å²) in [7, 11) is -1.98. The molecule has 0 aliphatic carbocycles. The van der Waals surface area contributed by atoms with Crippen molar-refractivity contribution in [2.24, 2.45) is 5.92 Å². The van der Waals surface area contributed by atoms with Crippen LogP contribution < -0.4 is 10.1 Å².